The van der Waals surface area contributed by atoms with E-state index in [0.717, 1.165) is 44.9 Å². The summed E-state index contributed by atoms with van der Waals surface area (Å²) < 4.78 is 11.8. The molecule has 0 saturated heterocycles. The normalized spacial score (nSPS) is 13.1. The van der Waals surface area contributed by atoms with Gasteiger partial charge in [-0.05, 0) is 32.8 Å². The van der Waals surface area contributed by atoms with E-state index in [1.165, 1.54) is 0 Å². The monoisotopic (exact) mass is 494 g/mol. The molecule has 0 radical (unpaired) electrons. The predicted octanol–water partition coefficient (Wildman–Crippen LogP) is 8.25. The van der Waals surface area contributed by atoms with E-state index in [1.807, 2.05) is 0 Å². The lowest BCUT2D eigenvalue weighted by Gasteiger charge is -2.30. The molecule has 0 unspecified atom stereocenters. The van der Waals surface area contributed by atoms with E-state index >= 15 is 0 Å². The topological polar surface area (TPSA) is 35.5 Å². The van der Waals surface area contributed by atoms with Crippen LogP contribution < -0.4 is 9.47 Å². The van der Waals surface area contributed by atoms with Crippen LogP contribution in [-0.2, 0) is 39.3 Å². The Labute approximate surface area is 221 Å². The van der Waals surface area contributed by atoms with E-state index in [0.29, 0.717) is 12.8 Å². The van der Waals surface area contributed by atoms with Crippen molar-refractivity contribution < 1.29 is 14.3 Å². The lowest BCUT2D eigenvalue weighted by Crippen LogP contribution is -2.21. The highest BCUT2D eigenvalue weighted by molar-refractivity contribution is 5.83. The fraction of sp³-hybridized carbons (Fsp3) is 0.606. The van der Waals surface area contributed by atoms with Crippen LogP contribution in [0.15, 0.2) is 24.3 Å². The summed E-state index contributed by atoms with van der Waals surface area (Å²) in [6.45, 7) is 26.4. The zero-order valence-electron chi connectivity index (χ0n) is 25.4. The maximum absolute atomic E-state index is 13.5. The molecule has 0 amide bonds. The van der Waals surface area contributed by atoms with Gasteiger partial charge in [-0.25, -0.2) is 0 Å². The minimum Gasteiger partial charge on any atom is -0.496 e. The van der Waals surface area contributed by atoms with Crippen LogP contribution in [0.2, 0.25) is 0 Å². The lowest BCUT2D eigenvalue weighted by atomic mass is 9.77. The van der Waals surface area contributed by atoms with Crippen molar-refractivity contribution in [1.82, 2.24) is 0 Å². The van der Waals surface area contributed by atoms with Crippen molar-refractivity contribution in [3.8, 4) is 11.5 Å². The van der Waals surface area contributed by atoms with Crippen molar-refractivity contribution in [2.24, 2.45) is 0 Å². The Morgan fingerprint density at radius 3 is 0.917 bits per heavy atom. The molecule has 200 valence electrons. The van der Waals surface area contributed by atoms with Crippen LogP contribution >= 0.6 is 0 Å². The van der Waals surface area contributed by atoms with Crippen LogP contribution in [0.5, 0.6) is 11.5 Å². The minimum atomic E-state index is -0.0936. The summed E-state index contributed by atoms with van der Waals surface area (Å²) in [7, 11) is 3.49. The maximum Gasteiger partial charge on any atom is 0.141 e. The molecular weight excluding hydrogens is 444 g/mol. The summed E-state index contributed by atoms with van der Waals surface area (Å²) in [4.78, 5) is 13.5. The van der Waals surface area contributed by atoms with Crippen LogP contribution in [0.4, 0.5) is 0 Å². The van der Waals surface area contributed by atoms with Crippen molar-refractivity contribution in [2.75, 3.05) is 14.2 Å². The Bertz CT molecular complexity index is 936. The molecule has 0 saturated carbocycles. The van der Waals surface area contributed by atoms with Crippen LogP contribution in [-0.4, -0.2) is 20.0 Å². The zero-order chi connectivity index (χ0) is 27.9. The summed E-state index contributed by atoms with van der Waals surface area (Å²) in [6.07, 6.45) is 0.801. The number of carbonyl (C=O) groups is 1. The number of hydrogen-bond acceptors (Lipinski definition) is 3. The molecule has 2 aromatic carbocycles. The third-order valence-corrected chi connectivity index (χ3v) is 6.74. The number of ether oxygens (including phenoxy) is 2. The minimum absolute atomic E-state index is 0.0936. The van der Waals surface area contributed by atoms with Gasteiger partial charge in [0.2, 0.25) is 0 Å². The third kappa shape index (κ3) is 6.93. The van der Waals surface area contributed by atoms with Gasteiger partial charge in [-0.2, -0.15) is 0 Å². The van der Waals surface area contributed by atoms with E-state index in [-0.39, 0.29) is 27.4 Å². The quantitative estimate of drug-likeness (QED) is 0.405. The van der Waals surface area contributed by atoms with Gasteiger partial charge < -0.3 is 9.47 Å². The summed E-state index contributed by atoms with van der Waals surface area (Å²) in [5, 5.41) is 0. The van der Waals surface area contributed by atoms with Gasteiger partial charge in [0, 0.05) is 35.1 Å². The fourth-order valence-corrected chi connectivity index (χ4v) is 4.77. The van der Waals surface area contributed by atoms with E-state index in [4.69, 9.17) is 9.47 Å². The molecule has 0 heterocycles. The Balaban J connectivity index is 2.55. The second-order valence-corrected chi connectivity index (χ2v) is 14.3. The van der Waals surface area contributed by atoms with Gasteiger partial charge in [0.25, 0.3) is 0 Å². The summed E-state index contributed by atoms with van der Waals surface area (Å²) >= 11 is 0. The summed E-state index contributed by atoms with van der Waals surface area (Å²) in [6, 6.07) is 8.67. The molecule has 0 aliphatic carbocycles. The number of rotatable bonds is 6. The SMILES string of the molecule is COc1c(C(C)(C)C)cc(CC(=O)Cc2cc(C(C)(C)C)c(OC)c(C(C)(C)C)c2)cc1C(C)(C)C. The number of methoxy groups -OCH3 is 2. The molecule has 3 nitrogen and oxygen atoms in total. The molecule has 0 spiro atoms. The molecule has 0 atom stereocenters. The van der Waals surface area contributed by atoms with E-state index in [2.05, 4.69) is 107 Å². The van der Waals surface area contributed by atoms with Gasteiger partial charge in [0.05, 0.1) is 14.2 Å². The molecule has 2 rings (SSSR count). The van der Waals surface area contributed by atoms with Crippen molar-refractivity contribution in [3.05, 3.63) is 57.6 Å². The number of Topliss-reactive ketones (excluding diaryl/α,β-unsaturated/α-hetero) is 1. The van der Waals surface area contributed by atoms with Gasteiger partial charge in [-0.15, -0.1) is 0 Å². The predicted molar refractivity (Wildman–Crippen MR) is 153 cm³/mol. The molecule has 0 N–H and O–H groups in total. The molecular formula is C33H50O3. The first kappa shape index (κ1) is 29.9. The first-order valence-electron chi connectivity index (χ1n) is 13.2. The fourth-order valence-electron chi connectivity index (χ4n) is 4.77. The smallest absolute Gasteiger partial charge is 0.141 e. The van der Waals surface area contributed by atoms with Crippen molar-refractivity contribution in [1.29, 1.82) is 0 Å². The van der Waals surface area contributed by atoms with E-state index in [1.54, 1.807) is 14.2 Å². The van der Waals surface area contributed by atoms with Crippen molar-refractivity contribution in [3.63, 3.8) is 0 Å². The van der Waals surface area contributed by atoms with Gasteiger partial charge in [0.15, 0.2) is 0 Å². The van der Waals surface area contributed by atoms with Crippen LogP contribution in [0.3, 0.4) is 0 Å². The standard InChI is InChI=1S/C33H50O3/c1-30(2,3)24-17-21(18-25(28(24)35-13)31(4,5)6)15-23(34)16-22-19-26(32(7,8)9)29(36-14)27(20-22)33(10,11)12/h17-20H,15-16H2,1-14H3. The highest BCUT2D eigenvalue weighted by atomic mass is 16.5. The molecule has 0 aliphatic heterocycles. The zero-order valence-corrected chi connectivity index (χ0v) is 25.4. The largest absolute Gasteiger partial charge is 0.496 e. The second-order valence-electron chi connectivity index (χ2n) is 14.3. The first-order valence-corrected chi connectivity index (χ1v) is 13.2. The highest BCUT2D eigenvalue weighted by Crippen LogP contribution is 2.42. The van der Waals surface area contributed by atoms with Gasteiger partial charge in [-0.3, -0.25) is 4.79 Å². The number of carbonyl (C=O) groups excluding carboxylic acids is 1. The van der Waals surface area contributed by atoms with E-state index < -0.39 is 0 Å². The highest BCUT2D eigenvalue weighted by Gasteiger charge is 2.29. The summed E-state index contributed by atoms with van der Waals surface area (Å²) in [5.41, 5.74) is 6.32. The van der Waals surface area contributed by atoms with Crippen LogP contribution in [0.1, 0.15) is 116 Å². The Hall–Kier alpha value is -2.29. The number of hydrogen-bond donors (Lipinski definition) is 0. The first-order chi connectivity index (χ1) is 16.2. The van der Waals surface area contributed by atoms with Gasteiger partial charge in [0.1, 0.15) is 17.3 Å². The molecule has 0 bridgehead atoms. The molecule has 0 aliphatic rings. The van der Waals surface area contributed by atoms with Gasteiger partial charge >= 0.3 is 0 Å². The molecule has 36 heavy (non-hydrogen) atoms. The van der Waals surface area contributed by atoms with Crippen molar-refractivity contribution >= 4 is 5.78 Å². The Morgan fingerprint density at radius 2 is 0.750 bits per heavy atom. The average molecular weight is 495 g/mol. The summed E-state index contributed by atoms with van der Waals surface area (Å²) in [5.74, 6) is 2.08. The van der Waals surface area contributed by atoms with Crippen LogP contribution in [0.25, 0.3) is 0 Å². The number of benzene rings is 2. The molecule has 0 aromatic heterocycles. The molecule has 2 aromatic rings. The maximum atomic E-state index is 13.5. The van der Waals surface area contributed by atoms with Gasteiger partial charge in [-0.1, -0.05) is 107 Å². The van der Waals surface area contributed by atoms with Crippen LogP contribution in [0, 0.1) is 0 Å². The van der Waals surface area contributed by atoms with E-state index in [9.17, 15) is 4.79 Å². The average Bonchev–Trinajstić information content (AvgIpc) is 2.69. The molecule has 3 heteroatoms. The Kier molecular flexibility index (Phi) is 8.50. The van der Waals surface area contributed by atoms with Crippen molar-refractivity contribution in [2.45, 2.75) is 118 Å². The molecule has 0 fully saturated rings. The number of ketones is 1. The third-order valence-electron chi connectivity index (χ3n) is 6.74. The lowest BCUT2D eigenvalue weighted by molar-refractivity contribution is -0.117. The second kappa shape index (κ2) is 10.2. The Morgan fingerprint density at radius 1 is 0.528 bits per heavy atom.